The lowest BCUT2D eigenvalue weighted by Crippen LogP contribution is -1.88. The molecule has 1 rings (SSSR count). The fourth-order valence-electron chi connectivity index (χ4n) is 1.86. The van der Waals surface area contributed by atoms with Crippen LogP contribution in [0.15, 0.2) is 12.2 Å². The Bertz CT molecular complexity index is 124. The van der Waals surface area contributed by atoms with Crippen LogP contribution in [0.5, 0.6) is 0 Å². The summed E-state index contributed by atoms with van der Waals surface area (Å²) in [5.41, 5.74) is 0. The van der Waals surface area contributed by atoms with E-state index in [1.54, 1.807) is 0 Å². The smallest absolute Gasteiger partial charge is 0.0262 e. The third kappa shape index (κ3) is 4.58. The van der Waals surface area contributed by atoms with Crippen LogP contribution in [0.25, 0.3) is 0 Å². The number of hydrogen-bond donors (Lipinski definition) is 0. The largest absolute Gasteiger partial charge is 0.0883 e. The summed E-state index contributed by atoms with van der Waals surface area (Å²) in [6.07, 6.45) is 16.2. The monoisotopic (exact) mass is 166 g/mol. The Balaban J connectivity index is 2.24. The quantitative estimate of drug-likeness (QED) is 0.470. The van der Waals surface area contributed by atoms with E-state index in [4.69, 9.17) is 0 Å². The highest BCUT2D eigenvalue weighted by atomic mass is 14.0. The van der Waals surface area contributed by atoms with Gasteiger partial charge in [-0.05, 0) is 25.2 Å². The second-order valence-corrected chi connectivity index (χ2v) is 4.10. The summed E-state index contributed by atoms with van der Waals surface area (Å²) in [5.74, 6) is 0.822. The molecule has 1 aliphatic carbocycles. The van der Waals surface area contributed by atoms with Gasteiger partial charge < -0.3 is 0 Å². The summed E-state index contributed by atoms with van der Waals surface area (Å²) in [5, 5.41) is 0. The van der Waals surface area contributed by atoms with Gasteiger partial charge in [-0.2, -0.15) is 0 Å². The first-order valence-corrected chi connectivity index (χ1v) is 5.56. The van der Waals surface area contributed by atoms with Crippen LogP contribution in [0.1, 0.15) is 58.3 Å². The molecule has 70 valence electrons. The van der Waals surface area contributed by atoms with Crippen LogP contribution in [0.4, 0.5) is 0 Å². The fraction of sp³-hybridized carbons (Fsp3) is 0.833. The van der Waals surface area contributed by atoms with Crippen LogP contribution in [0.2, 0.25) is 0 Å². The molecule has 1 unspecified atom stereocenters. The molecule has 0 aromatic heterocycles. The molecule has 0 aliphatic heterocycles. The zero-order valence-corrected chi connectivity index (χ0v) is 8.39. The summed E-state index contributed by atoms with van der Waals surface area (Å²) < 4.78 is 0. The van der Waals surface area contributed by atoms with E-state index in [1.807, 2.05) is 0 Å². The summed E-state index contributed by atoms with van der Waals surface area (Å²) in [6, 6.07) is 0. The van der Waals surface area contributed by atoms with Crippen molar-refractivity contribution < 1.29 is 0 Å². The van der Waals surface area contributed by atoms with Gasteiger partial charge in [0.1, 0.15) is 0 Å². The van der Waals surface area contributed by atoms with E-state index in [0.717, 1.165) is 5.92 Å². The van der Waals surface area contributed by atoms with Crippen molar-refractivity contribution in [2.45, 2.75) is 58.3 Å². The molecular weight excluding hydrogens is 144 g/mol. The third-order valence-electron chi connectivity index (χ3n) is 2.74. The Morgan fingerprint density at radius 3 is 2.42 bits per heavy atom. The Morgan fingerprint density at radius 2 is 1.58 bits per heavy atom. The first kappa shape index (κ1) is 9.83. The van der Waals surface area contributed by atoms with E-state index in [2.05, 4.69) is 19.1 Å². The lowest BCUT2D eigenvalue weighted by Gasteiger charge is -2.04. The maximum atomic E-state index is 2.41. The van der Waals surface area contributed by atoms with Crippen molar-refractivity contribution in [2.24, 2.45) is 5.92 Å². The molecule has 12 heavy (non-hydrogen) atoms. The molecule has 0 saturated heterocycles. The van der Waals surface area contributed by atoms with Crippen molar-refractivity contribution >= 4 is 0 Å². The molecule has 0 fully saturated rings. The molecular formula is C12H22. The van der Waals surface area contributed by atoms with Crippen molar-refractivity contribution in [1.82, 2.24) is 0 Å². The molecule has 0 aromatic rings. The second kappa shape index (κ2) is 6.28. The highest BCUT2D eigenvalue weighted by molar-refractivity contribution is 4.86. The minimum atomic E-state index is 0.822. The van der Waals surface area contributed by atoms with Crippen LogP contribution < -0.4 is 0 Å². The molecule has 1 atom stereocenters. The molecule has 0 spiro atoms. The van der Waals surface area contributed by atoms with Gasteiger partial charge >= 0.3 is 0 Å². The van der Waals surface area contributed by atoms with Crippen LogP contribution in [0.3, 0.4) is 0 Å². The Labute approximate surface area is 77.1 Å². The fourth-order valence-corrected chi connectivity index (χ4v) is 1.86. The average Bonchev–Trinajstić information content (AvgIpc) is 2.11. The van der Waals surface area contributed by atoms with Crippen molar-refractivity contribution in [2.75, 3.05) is 0 Å². The van der Waals surface area contributed by atoms with Gasteiger partial charge in [-0.25, -0.2) is 0 Å². The van der Waals surface area contributed by atoms with Crippen molar-refractivity contribution in [1.29, 1.82) is 0 Å². The van der Waals surface area contributed by atoms with Crippen molar-refractivity contribution in [3.8, 4) is 0 Å². The maximum Gasteiger partial charge on any atom is -0.0262 e. The van der Waals surface area contributed by atoms with Crippen LogP contribution in [-0.4, -0.2) is 0 Å². The highest BCUT2D eigenvalue weighted by Gasteiger charge is 1.98. The zero-order valence-electron chi connectivity index (χ0n) is 8.39. The zero-order chi connectivity index (χ0) is 8.65. The minimum Gasteiger partial charge on any atom is -0.0883 e. The van der Waals surface area contributed by atoms with Gasteiger partial charge in [0.15, 0.2) is 0 Å². The summed E-state index contributed by atoms with van der Waals surface area (Å²) >= 11 is 0. The number of allylic oxidation sites excluding steroid dienone is 2. The Morgan fingerprint density at radius 1 is 0.917 bits per heavy atom. The topological polar surface area (TPSA) is 0 Å². The van der Waals surface area contributed by atoms with E-state index in [1.165, 1.54) is 51.4 Å². The molecule has 0 saturated carbocycles. The van der Waals surface area contributed by atoms with Gasteiger partial charge in [0.05, 0.1) is 0 Å². The highest BCUT2D eigenvalue weighted by Crippen LogP contribution is 2.15. The predicted octanol–water partition coefficient (Wildman–Crippen LogP) is 4.31. The maximum absolute atomic E-state index is 2.41. The molecule has 0 amide bonds. The molecule has 0 heterocycles. The number of hydrogen-bond acceptors (Lipinski definition) is 0. The normalized spacial score (nSPS) is 30.6. The number of rotatable bonds is 0. The summed E-state index contributed by atoms with van der Waals surface area (Å²) in [4.78, 5) is 0. The van der Waals surface area contributed by atoms with Crippen molar-refractivity contribution in [3.63, 3.8) is 0 Å². The van der Waals surface area contributed by atoms with Gasteiger partial charge in [0.2, 0.25) is 0 Å². The van der Waals surface area contributed by atoms with E-state index in [-0.39, 0.29) is 0 Å². The van der Waals surface area contributed by atoms with Gasteiger partial charge in [-0.1, -0.05) is 51.2 Å². The van der Waals surface area contributed by atoms with Crippen LogP contribution in [0, 0.1) is 5.92 Å². The molecule has 0 N–H and O–H groups in total. The summed E-state index contributed by atoms with van der Waals surface area (Å²) in [6.45, 7) is 2.34. The predicted molar refractivity (Wildman–Crippen MR) is 55.2 cm³/mol. The standard InChI is InChI=1S/C12H22/c1-12-10-8-6-4-2-3-5-7-9-11-12/h8,10,12H,2-7,9,11H2,1H3/b10-8+. The lowest BCUT2D eigenvalue weighted by molar-refractivity contribution is 0.546. The Kier molecular flexibility index (Phi) is 5.14. The minimum absolute atomic E-state index is 0.822. The Hall–Kier alpha value is -0.260. The molecule has 0 aromatic carbocycles. The summed E-state index contributed by atoms with van der Waals surface area (Å²) in [7, 11) is 0. The lowest BCUT2D eigenvalue weighted by atomic mass is 10.0. The average molecular weight is 166 g/mol. The van der Waals surface area contributed by atoms with Gasteiger partial charge in [0, 0.05) is 0 Å². The molecule has 0 nitrogen and oxygen atoms in total. The molecule has 0 radical (unpaired) electrons. The van der Waals surface area contributed by atoms with E-state index in [0.29, 0.717) is 0 Å². The van der Waals surface area contributed by atoms with Crippen molar-refractivity contribution in [3.05, 3.63) is 12.2 Å². The third-order valence-corrected chi connectivity index (χ3v) is 2.74. The molecule has 1 aliphatic rings. The SMILES string of the molecule is CC1/C=C/CCCCCCCC1. The van der Waals surface area contributed by atoms with E-state index in [9.17, 15) is 0 Å². The van der Waals surface area contributed by atoms with Crippen LogP contribution >= 0.6 is 0 Å². The molecule has 0 heteroatoms. The molecule has 0 bridgehead atoms. The van der Waals surface area contributed by atoms with Gasteiger partial charge in [-0.3, -0.25) is 0 Å². The van der Waals surface area contributed by atoms with E-state index < -0.39 is 0 Å². The van der Waals surface area contributed by atoms with Gasteiger partial charge in [0.25, 0.3) is 0 Å². The first-order valence-electron chi connectivity index (χ1n) is 5.56. The van der Waals surface area contributed by atoms with Crippen LogP contribution in [-0.2, 0) is 0 Å². The second-order valence-electron chi connectivity index (χ2n) is 4.10. The van der Waals surface area contributed by atoms with Gasteiger partial charge in [-0.15, -0.1) is 0 Å². The van der Waals surface area contributed by atoms with E-state index >= 15 is 0 Å². The first-order chi connectivity index (χ1) is 5.89.